The Morgan fingerprint density at radius 2 is 2.12 bits per heavy atom. The van der Waals surface area contributed by atoms with Gasteiger partial charge in [0, 0.05) is 33.6 Å². The lowest BCUT2D eigenvalue weighted by Crippen LogP contribution is -2.54. The largest absolute Gasteiger partial charge is 0.388 e. The quantitative estimate of drug-likeness (QED) is 0.214. The van der Waals surface area contributed by atoms with Crippen molar-refractivity contribution >= 4 is 50.6 Å². The highest BCUT2D eigenvalue weighted by Gasteiger charge is 2.29. The normalized spacial score (nSPS) is 18.8. The zero-order chi connectivity index (χ0) is 18.7. The van der Waals surface area contributed by atoms with Crippen molar-refractivity contribution in [2.24, 2.45) is 5.73 Å². The van der Waals surface area contributed by atoms with Gasteiger partial charge in [-0.25, -0.2) is 0 Å². The van der Waals surface area contributed by atoms with Gasteiger partial charge in [0.1, 0.15) is 11.7 Å². The molecule has 0 spiro atoms. The molecule has 1 fully saturated rings. The number of nitrogens with one attached hydrogen (secondary N) is 4. The minimum atomic E-state index is -0.550. The van der Waals surface area contributed by atoms with Crippen LogP contribution in [0.25, 0.3) is 17.0 Å². The number of carbonyl (C=O) groups is 2. The van der Waals surface area contributed by atoms with Crippen molar-refractivity contribution in [2.75, 3.05) is 0 Å². The first-order valence-corrected chi connectivity index (χ1v) is 9.16. The summed E-state index contributed by atoms with van der Waals surface area (Å²) in [6, 6.07) is 5.27. The summed E-state index contributed by atoms with van der Waals surface area (Å²) >= 11 is 3.42. The van der Waals surface area contributed by atoms with Crippen LogP contribution in [-0.2, 0) is 9.59 Å². The van der Waals surface area contributed by atoms with Crippen LogP contribution < -0.4 is 16.4 Å². The Bertz CT molecular complexity index is 902. The molecule has 1 atom stereocenters. The smallest absolute Gasteiger partial charge is 0.268 e. The molecule has 7 nitrogen and oxygen atoms in total. The predicted molar refractivity (Wildman–Crippen MR) is 104 cm³/mol. The molecule has 1 saturated heterocycles. The van der Waals surface area contributed by atoms with E-state index in [-0.39, 0.29) is 23.3 Å². The number of fused-ring (bicyclic) bond motifs is 1. The fourth-order valence-corrected chi connectivity index (χ4v) is 3.30. The maximum atomic E-state index is 12.3. The highest BCUT2D eigenvalue weighted by atomic mass is 79.9. The maximum absolute atomic E-state index is 12.3. The minimum absolute atomic E-state index is 0.137. The van der Waals surface area contributed by atoms with Crippen LogP contribution in [0.4, 0.5) is 0 Å². The summed E-state index contributed by atoms with van der Waals surface area (Å²) in [6.45, 7) is 0. The Morgan fingerprint density at radius 3 is 2.88 bits per heavy atom. The number of H-pyrrole nitrogens is 1. The molecule has 0 bridgehead atoms. The number of piperazine rings is 1. The Kier molecular flexibility index (Phi) is 5.41. The number of amidine groups is 1. The molecule has 8 heteroatoms. The van der Waals surface area contributed by atoms with Crippen LogP contribution in [0.5, 0.6) is 0 Å². The summed E-state index contributed by atoms with van der Waals surface area (Å²) in [7, 11) is 0. The van der Waals surface area contributed by atoms with Crippen LogP contribution in [-0.4, -0.2) is 28.7 Å². The molecular weight excluding hydrogens is 398 g/mol. The number of rotatable bonds is 6. The summed E-state index contributed by atoms with van der Waals surface area (Å²) in [4.78, 5) is 27.8. The SMILES string of the molecule is N=C(N)CCCCC1NC(=O)/C(=C/c2c[nH]c3cc(Br)ccc23)NC1=O. The number of hydrogen-bond donors (Lipinski definition) is 5. The molecule has 1 aromatic heterocycles. The number of halogens is 1. The van der Waals surface area contributed by atoms with Crippen LogP contribution in [0.2, 0.25) is 0 Å². The molecule has 3 rings (SSSR count). The number of aromatic amines is 1. The highest BCUT2D eigenvalue weighted by Crippen LogP contribution is 2.24. The van der Waals surface area contributed by atoms with E-state index in [9.17, 15) is 9.59 Å². The Hall–Kier alpha value is -2.61. The summed E-state index contributed by atoms with van der Waals surface area (Å²) in [6.07, 6.45) is 5.95. The zero-order valence-corrected chi connectivity index (χ0v) is 15.7. The summed E-state index contributed by atoms with van der Waals surface area (Å²) in [5.74, 6) is -0.382. The molecule has 2 heterocycles. The second-order valence-electron chi connectivity index (χ2n) is 6.28. The second kappa shape index (κ2) is 7.74. The Labute approximate surface area is 159 Å². The third-order valence-electron chi connectivity index (χ3n) is 4.29. The van der Waals surface area contributed by atoms with E-state index in [0.29, 0.717) is 19.3 Å². The lowest BCUT2D eigenvalue weighted by atomic mass is 10.0. The zero-order valence-electron chi connectivity index (χ0n) is 14.1. The van der Waals surface area contributed by atoms with E-state index in [1.165, 1.54) is 0 Å². The maximum Gasteiger partial charge on any atom is 0.268 e. The molecule has 136 valence electrons. The van der Waals surface area contributed by atoms with Gasteiger partial charge in [-0.2, -0.15) is 0 Å². The average molecular weight is 418 g/mol. The Balaban J connectivity index is 1.68. The average Bonchev–Trinajstić information content (AvgIpc) is 2.97. The summed E-state index contributed by atoms with van der Waals surface area (Å²) < 4.78 is 0.961. The molecular formula is C18H20BrN5O2. The van der Waals surface area contributed by atoms with Gasteiger partial charge >= 0.3 is 0 Å². The molecule has 0 saturated carbocycles. The molecule has 2 aromatic rings. The van der Waals surface area contributed by atoms with Crippen LogP contribution in [0.3, 0.4) is 0 Å². The third kappa shape index (κ3) is 4.13. The molecule has 1 aliphatic heterocycles. The second-order valence-corrected chi connectivity index (χ2v) is 7.19. The van der Waals surface area contributed by atoms with Crippen LogP contribution in [0.15, 0.2) is 34.6 Å². The van der Waals surface area contributed by atoms with Gasteiger partial charge < -0.3 is 21.4 Å². The van der Waals surface area contributed by atoms with E-state index >= 15 is 0 Å². The molecule has 0 radical (unpaired) electrons. The van der Waals surface area contributed by atoms with Crippen molar-refractivity contribution in [3.8, 4) is 0 Å². The minimum Gasteiger partial charge on any atom is -0.388 e. The fourth-order valence-electron chi connectivity index (χ4n) is 2.94. The number of unbranched alkanes of at least 4 members (excludes halogenated alkanes) is 1. The standard InChI is InChI=1S/C18H20BrN5O2/c19-11-5-6-12-10(9-22-14(12)8-11)7-15-18(26)23-13(17(25)24-15)3-1-2-4-16(20)21/h5-9,13,22H,1-4H2,(H3,20,21)(H,23,26)(H,24,25)/b15-7-. The first-order valence-electron chi connectivity index (χ1n) is 8.37. The number of benzene rings is 1. The first kappa shape index (κ1) is 18.2. The van der Waals surface area contributed by atoms with Gasteiger partial charge in [0.15, 0.2) is 0 Å². The predicted octanol–water partition coefficient (Wildman–Crippen LogP) is 2.38. The van der Waals surface area contributed by atoms with Gasteiger partial charge in [-0.15, -0.1) is 0 Å². The lowest BCUT2D eigenvalue weighted by molar-refractivity contribution is -0.131. The monoisotopic (exact) mass is 417 g/mol. The topological polar surface area (TPSA) is 124 Å². The van der Waals surface area contributed by atoms with Gasteiger partial charge in [0.25, 0.3) is 5.91 Å². The molecule has 0 aliphatic carbocycles. The van der Waals surface area contributed by atoms with Gasteiger partial charge in [0.2, 0.25) is 5.91 Å². The summed E-state index contributed by atoms with van der Waals surface area (Å²) in [5.41, 5.74) is 7.32. The Morgan fingerprint density at radius 1 is 1.31 bits per heavy atom. The van der Waals surface area contributed by atoms with E-state index in [1.807, 2.05) is 18.2 Å². The van der Waals surface area contributed by atoms with Crippen molar-refractivity contribution in [1.82, 2.24) is 15.6 Å². The lowest BCUT2D eigenvalue weighted by Gasteiger charge is -2.25. The van der Waals surface area contributed by atoms with Crippen molar-refractivity contribution in [3.63, 3.8) is 0 Å². The van der Waals surface area contributed by atoms with E-state index in [4.69, 9.17) is 11.1 Å². The van der Waals surface area contributed by atoms with Gasteiger partial charge in [-0.05, 0) is 31.1 Å². The summed E-state index contributed by atoms with van der Waals surface area (Å²) in [5, 5.41) is 13.6. The van der Waals surface area contributed by atoms with Crippen LogP contribution >= 0.6 is 15.9 Å². The van der Waals surface area contributed by atoms with Crippen molar-refractivity contribution in [2.45, 2.75) is 31.7 Å². The van der Waals surface area contributed by atoms with E-state index in [1.54, 1.807) is 12.3 Å². The fraction of sp³-hybridized carbons (Fsp3) is 0.278. The molecule has 26 heavy (non-hydrogen) atoms. The molecule has 2 amide bonds. The van der Waals surface area contributed by atoms with Gasteiger partial charge in [-0.3, -0.25) is 15.0 Å². The molecule has 6 N–H and O–H groups in total. The number of nitrogens with two attached hydrogens (primary N) is 1. The number of amides is 2. The van der Waals surface area contributed by atoms with E-state index in [2.05, 4.69) is 31.5 Å². The first-order chi connectivity index (χ1) is 12.4. The number of hydrogen-bond acceptors (Lipinski definition) is 3. The highest BCUT2D eigenvalue weighted by molar-refractivity contribution is 9.10. The van der Waals surface area contributed by atoms with Gasteiger partial charge in [-0.1, -0.05) is 28.4 Å². The third-order valence-corrected chi connectivity index (χ3v) is 4.78. The molecule has 1 aliphatic rings. The van der Waals surface area contributed by atoms with Crippen LogP contribution in [0, 0.1) is 5.41 Å². The van der Waals surface area contributed by atoms with Crippen LogP contribution in [0.1, 0.15) is 31.2 Å². The number of aromatic nitrogens is 1. The van der Waals surface area contributed by atoms with E-state index < -0.39 is 6.04 Å². The molecule has 1 unspecified atom stereocenters. The van der Waals surface area contributed by atoms with Crippen molar-refractivity contribution in [1.29, 1.82) is 5.41 Å². The van der Waals surface area contributed by atoms with Crippen molar-refractivity contribution < 1.29 is 9.59 Å². The van der Waals surface area contributed by atoms with Gasteiger partial charge in [0.05, 0.1) is 5.84 Å². The van der Waals surface area contributed by atoms with Crippen molar-refractivity contribution in [3.05, 3.63) is 40.1 Å². The number of carbonyl (C=O) groups excluding carboxylic acids is 2. The van der Waals surface area contributed by atoms with E-state index in [0.717, 1.165) is 27.4 Å². The molecule has 1 aromatic carbocycles.